The smallest absolute Gasteiger partial charge is 0.246 e. The summed E-state index contributed by atoms with van der Waals surface area (Å²) in [7, 11) is 1.84. The number of piperidine rings is 1. The summed E-state index contributed by atoms with van der Waals surface area (Å²) >= 11 is 0. The van der Waals surface area contributed by atoms with Gasteiger partial charge in [0, 0.05) is 32.4 Å². The first-order valence-electron chi connectivity index (χ1n) is 8.77. The Kier molecular flexibility index (Phi) is 4.45. The number of hydrogen-bond acceptors (Lipinski definition) is 7. The molecular weight excluding hydrogens is 346 g/mol. The Bertz CT molecular complexity index is 976. The van der Waals surface area contributed by atoms with Gasteiger partial charge in [-0.3, -0.25) is 14.6 Å². The molecule has 0 unspecified atom stereocenters. The van der Waals surface area contributed by atoms with E-state index >= 15 is 0 Å². The van der Waals surface area contributed by atoms with Gasteiger partial charge in [0.25, 0.3) is 0 Å². The lowest BCUT2D eigenvalue weighted by molar-refractivity contribution is -0.127. The van der Waals surface area contributed by atoms with Gasteiger partial charge in [-0.1, -0.05) is 6.58 Å². The van der Waals surface area contributed by atoms with E-state index in [9.17, 15) is 4.79 Å². The molecule has 0 bridgehead atoms. The number of likely N-dealkylation sites (tertiary alicyclic amines) is 1. The lowest BCUT2D eigenvalue weighted by atomic mass is 10.1. The van der Waals surface area contributed by atoms with Crippen LogP contribution in [0.25, 0.3) is 11.0 Å². The van der Waals surface area contributed by atoms with Crippen molar-refractivity contribution in [3.8, 4) is 0 Å². The maximum atomic E-state index is 11.9. The number of hydrogen-bond donors (Lipinski definition) is 3. The summed E-state index contributed by atoms with van der Waals surface area (Å²) in [5, 5.41) is 18.5. The van der Waals surface area contributed by atoms with Crippen LogP contribution in [-0.2, 0) is 11.8 Å². The number of H-pyrrole nitrogens is 1. The Morgan fingerprint density at radius 1 is 1.41 bits per heavy atom. The van der Waals surface area contributed by atoms with Crippen molar-refractivity contribution < 1.29 is 4.79 Å². The number of fused-ring (bicyclic) bond motifs is 1. The van der Waals surface area contributed by atoms with E-state index in [4.69, 9.17) is 0 Å². The normalized spacial score (nSPS) is 17.1. The van der Waals surface area contributed by atoms with E-state index in [1.807, 2.05) is 13.2 Å². The number of rotatable bonds is 5. The van der Waals surface area contributed by atoms with Gasteiger partial charge in [-0.2, -0.15) is 20.2 Å². The first-order valence-corrected chi connectivity index (χ1v) is 8.77. The van der Waals surface area contributed by atoms with Crippen molar-refractivity contribution in [2.24, 2.45) is 7.05 Å². The molecule has 1 aliphatic heterocycles. The number of aryl methyl sites for hydroxylation is 1. The zero-order valence-electron chi connectivity index (χ0n) is 15.0. The molecule has 1 aliphatic rings. The Morgan fingerprint density at radius 3 is 3.07 bits per heavy atom. The molecular formula is C17H21N9O. The molecule has 3 aromatic heterocycles. The first kappa shape index (κ1) is 17.0. The highest BCUT2D eigenvalue weighted by molar-refractivity contribution is 5.88. The van der Waals surface area contributed by atoms with Crippen LogP contribution in [0.1, 0.15) is 12.8 Å². The molecule has 3 aromatic rings. The molecule has 10 nitrogen and oxygen atoms in total. The van der Waals surface area contributed by atoms with Gasteiger partial charge in [-0.05, 0) is 18.9 Å². The van der Waals surface area contributed by atoms with E-state index in [-0.39, 0.29) is 11.9 Å². The quantitative estimate of drug-likeness (QED) is 0.584. The predicted molar refractivity (Wildman–Crippen MR) is 102 cm³/mol. The minimum absolute atomic E-state index is 0.0448. The van der Waals surface area contributed by atoms with Crippen molar-refractivity contribution in [3.63, 3.8) is 0 Å². The van der Waals surface area contributed by atoms with Crippen molar-refractivity contribution in [1.29, 1.82) is 0 Å². The first-order chi connectivity index (χ1) is 13.1. The predicted octanol–water partition coefficient (Wildman–Crippen LogP) is 1.42. The summed E-state index contributed by atoms with van der Waals surface area (Å²) in [6, 6.07) is 0.0990. The summed E-state index contributed by atoms with van der Waals surface area (Å²) in [6.45, 7) is 4.93. The number of carbonyl (C=O) groups excluding carboxylic acids is 1. The van der Waals surface area contributed by atoms with Crippen LogP contribution >= 0.6 is 0 Å². The molecule has 0 spiro atoms. The maximum Gasteiger partial charge on any atom is 0.246 e. The lowest BCUT2D eigenvalue weighted by Crippen LogP contribution is -2.44. The van der Waals surface area contributed by atoms with Crippen LogP contribution in [-0.4, -0.2) is 59.9 Å². The molecule has 140 valence electrons. The largest absolute Gasteiger partial charge is 0.365 e. The van der Waals surface area contributed by atoms with Gasteiger partial charge in [0.1, 0.15) is 5.82 Å². The summed E-state index contributed by atoms with van der Waals surface area (Å²) < 4.78 is 1.70. The van der Waals surface area contributed by atoms with Gasteiger partial charge < -0.3 is 15.5 Å². The summed E-state index contributed by atoms with van der Waals surface area (Å²) in [5.74, 6) is 1.08. The third-order valence-electron chi connectivity index (χ3n) is 4.52. The monoisotopic (exact) mass is 367 g/mol. The Hall–Kier alpha value is -3.43. The molecule has 0 aliphatic carbocycles. The zero-order valence-corrected chi connectivity index (χ0v) is 15.0. The molecule has 0 saturated carbocycles. The zero-order chi connectivity index (χ0) is 18.8. The molecule has 3 N–H and O–H groups in total. The topological polar surface area (TPSA) is 117 Å². The van der Waals surface area contributed by atoms with Crippen molar-refractivity contribution in [1.82, 2.24) is 34.8 Å². The lowest BCUT2D eigenvalue weighted by Gasteiger charge is -2.32. The Labute approximate surface area is 155 Å². The van der Waals surface area contributed by atoms with Crippen molar-refractivity contribution in [2.75, 3.05) is 23.7 Å². The summed E-state index contributed by atoms with van der Waals surface area (Å²) in [6.07, 6.45) is 8.48. The number of aromatic amines is 1. The van der Waals surface area contributed by atoms with Crippen LogP contribution in [0.3, 0.4) is 0 Å². The van der Waals surface area contributed by atoms with Crippen molar-refractivity contribution in [2.45, 2.75) is 18.9 Å². The maximum absolute atomic E-state index is 11.9. The van der Waals surface area contributed by atoms with Gasteiger partial charge in [0.15, 0.2) is 5.65 Å². The van der Waals surface area contributed by atoms with Crippen LogP contribution in [0.15, 0.2) is 31.2 Å². The van der Waals surface area contributed by atoms with Gasteiger partial charge in [-0.25, -0.2) is 0 Å². The SMILES string of the molecule is C=CC(=O)N1CCC[C@@H](Nc2nc(Nc3cnn(C)c3)nc3[nH]ncc23)C1. The number of anilines is 3. The van der Waals surface area contributed by atoms with Gasteiger partial charge >= 0.3 is 0 Å². The second kappa shape index (κ2) is 7.06. The van der Waals surface area contributed by atoms with Crippen molar-refractivity contribution >= 4 is 34.4 Å². The molecule has 1 saturated heterocycles. The molecule has 0 radical (unpaired) electrons. The highest BCUT2D eigenvalue weighted by Gasteiger charge is 2.23. The van der Waals surface area contributed by atoms with Crippen LogP contribution < -0.4 is 10.6 Å². The van der Waals surface area contributed by atoms with Crippen LogP contribution in [0.4, 0.5) is 17.5 Å². The van der Waals surface area contributed by atoms with E-state index in [0.29, 0.717) is 24.0 Å². The van der Waals surface area contributed by atoms with E-state index in [2.05, 4.69) is 42.5 Å². The number of amides is 1. The standard InChI is InChI=1S/C17H21N9O/c1-3-14(27)26-6-4-5-11(10-26)20-15-13-8-18-24-16(13)23-17(22-15)21-12-7-19-25(2)9-12/h3,7-9,11H,1,4-6,10H2,2H3,(H3,18,20,21,22,23,24)/t11-/m1/s1. The second-order valence-electron chi connectivity index (χ2n) is 6.53. The molecule has 10 heteroatoms. The van der Waals surface area contributed by atoms with Crippen LogP contribution in [0.5, 0.6) is 0 Å². The number of nitrogens with one attached hydrogen (secondary N) is 3. The van der Waals surface area contributed by atoms with Gasteiger partial charge in [0.05, 0.1) is 23.5 Å². The summed E-state index contributed by atoms with van der Waals surface area (Å²) in [4.78, 5) is 22.8. The van der Waals surface area contributed by atoms with Crippen LogP contribution in [0.2, 0.25) is 0 Å². The Morgan fingerprint density at radius 2 is 2.30 bits per heavy atom. The van der Waals surface area contributed by atoms with Crippen molar-refractivity contribution in [3.05, 3.63) is 31.2 Å². The fourth-order valence-corrected chi connectivity index (χ4v) is 3.23. The number of nitrogens with zero attached hydrogens (tertiary/aromatic N) is 6. The fourth-order valence-electron chi connectivity index (χ4n) is 3.23. The van der Waals surface area contributed by atoms with E-state index in [0.717, 1.165) is 30.5 Å². The molecule has 4 heterocycles. The van der Waals surface area contributed by atoms with Crippen LogP contribution in [0, 0.1) is 0 Å². The van der Waals surface area contributed by atoms with E-state index in [1.54, 1.807) is 22.0 Å². The van der Waals surface area contributed by atoms with Gasteiger partial charge in [0.2, 0.25) is 11.9 Å². The molecule has 1 atom stereocenters. The third-order valence-corrected chi connectivity index (χ3v) is 4.52. The van der Waals surface area contributed by atoms with Gasteiger partial charge in [-0.15, -0.1) is 0 Å². The average Bonchev–Trinajstić information content (AvgIpc) is 3.30. The van der Waals surface area contributed by atoms with E-state index < -0.39 is 0 Å². The number of carbonyl (C=O) groups is 1. The van der Waals surface area contributed by atoms with E-state index in [1.165, 1.54) is 6.08 Å². The minimum atomic E-state index is -0.0448. The summed E-state index contributed by atoms with van der Waals surface area (Å²) in [5.41, 5.74) is 1.43. The average molecular weight is 367 g/mol. The molecule has 0 aromatic carbocycles. The molecule has 1 amide bonds. The minimum Gasteiger partial charge on any atom is -0.365 e. The molecule has 1 fully saturated rings. The third kappa shape index (κ3) is 3.59. The highest BCUT2D eigenvalue weighted by Crippen LogP contribution is 2.24. The highest BCUT2D eigenvalue weighted by atomic mass is 16.2. The fraction of sp³-hybridized carbons (Fsp3) is 0.353. The molecule has 27 heavy (non-hydrogen) atoms. The second-order valence-corrected chi connectivity index (χ2v) is 6.53. The molecule has 4 rings (SSSR count). The number of aromatic nitrogens is 6. The Balaban J connectivity index is 1.57.